The fourth-order valence-electron chi connectivity index (χ4n) is 1.42. The maximum atomic E-state index is 11.4. The zero-order valence-corrected chi connectivity index (χ0v) is 9.20. The number of hydrogen-bond donors (Lipinski definition) is 0. The van der Waals surface area contributed by atoms with Gasteiger partial charge in [-0.1, -0.05) is 6.07 Å². The van der Waals surface area contributed by atoms with Crippen LogP contribution in [-0.2, 0) is 0 Å². The second kappa shape index (κ2) is 4.86. The first kappa shape index (κ1) is 11.4. The second-order valence-electron chi connectivity index (χ2n) is 3.37. The molecule has 1 aromatic heterocycles. The molecule has 0 bridgehead atoms. The number of nitrogens with zero attached hydrogens (tertiary/aromatic N) is 3. The molecule has 0 aliphatic carbocycles. The van der Waals surface area contributed by atoms with Gasteiger partial charge in [0.2, 0.25) is 0 Å². The molecule has 5 nitrogen and oxygen atoms in total. The number of rotatable bonds is 2. The molecule has 0 atom stereocenters. The largest absolute Gasteiger partial charge is 0.616 e. The zero-order valence-electron chi connectivity index (χ0n) is 9.20. The number of nitriles is 2. The summed E-state index contributed by atoms with van der Waals surface area (Å²) < 4.78 is 5.88. The molecule has 0 N–H and O–H groups in total. The molecule has 0 aliphatic heterocycles. The lowest BCUT2D eigenvalue weighted by molar-refractivity contribution is -0.611. The van der Waals surface area contributed by atoms with Crippen molar-refractivity contribution in [3.63, 3.8) is 0 Å². The minimum absolute atomic E-state index is 0.0108. The summed E-state index contributed by atoms with van der Waals surface area (Å²) in [4.78, 5) is 0. The van der Waals surface area contributed by atoms with Crippen molar-refractivity contribution in [2.45, 2.75) is 0 Å². The van der Waals surface area contributed by atoms with Gasteiger partial charge in [-0.05, 0) is 18.2 Å². The Labute approximate surface area is 103 Å². The molecule has 86 valence electrons. The third-order valence-corrected chi connectivity index (χ3v) is 2.25. The van der Waals surface area contributed by atoms with E-state index in [1.165, 1.54) is 24.4 Å². The van der Waals surface area contributed by atoms with Gasteiger partial charge in [0.05, 0.1) is 17.2 Å². The second-order valence-corrected chi connectivity index (χ2v) is 3.37. The summed E-state index contributed by atoms with van der Waals surface area (Å²) >= 11 is 0. The van der Waals surface area contributed by atoms with E-state index in [1.807, 2.05) is 12.1 Å². The van der Waals surface area contributed by atoms with Crippen molar-refractivity contribution in [2.24, 2.45) is 0 Å². The molecule has 0 radical (unpaired) electrons. The van der Waals surface area contributed by atoms with Crippen LogP contribution in [0.5, 0.6) is 11.6 Å². The molecule has 5 heteroatoms. The third kappa shape index (κ3) is 2.06. The average Bonchev–Trinajstić information content (AvgIpc) is 2.41. The SMILES string of the molecule is N#Cc1cccc(C#N)c1Oc1cccc[n+]1[O-]. The van der Waals surface area contributed by atoms with Gasteiger partial charge < -0.3 is 9.94 Å². The monoisotopic (exact) mass is 237 g/mol. The Morgan fingerprint density at radius 1 is 1.00 bits per heavy atom. The molecule has 0 saturated heterocycles. The number of pyridine rings is 1. The average molecular weight is 237 g/mol. The van der Waals surface area contributed by atoms with Gasteiger partial charge in [-0.25, -0.2) is 0 Å². The van der Waals surface area contributed by atoms with E-state index in [1.54, 1.807) is 18.2 Å². The van der Waals surface area contributed by atoms with Gasteiger partial charge in [-0.15, -0.1) is 4.73 Å². The lowest BCUT2D eigenvalue weighted by atomic mass is 10.1. The smallest absolute Gasteiger partial charge is 0.384 e. The van der Waals surface area contributed by atoms with Crippen LogP contribution in [-0.4, -0.2) is 0 Å². The highest BCUT2D eigenvalue weighted by molar-refractivity contribution is 5.54. The minimum Gasteiger partial charge on any atom is -0.616 e. The van der Waals surface area contributed by atoms with Crippen molar-refractivity contribution in [1.29, 1.82) is 10.5 Å². The zero-order chi connectivity index (χ0) is 13.0. The van der Waals surface area contributed by atoms with Crippen LogP contribution < -0.4 is 9.47 Å². The van der Waals surface area contributed by atoms with Crippen molar-refractivity contribution < 1.29 is 9.47 Å². The Balaban J connectivity index is 2.50. The number of aromatic nitrogens is 1. The number of hydrogen-bond acceptors (Lipinski definition) is 4. The van der Waals surface area contributed by atoms with E-state index in [4.69, 9.17) is 15.3 Å². The summed E-state index contributed by atoms with van der Waals surface area (Å²) in [7, 11) is 0. The molecule has 1 aromatic carbocycles. The van der Waals surface area contributed by atoms with Crippen LogP contribution in [0.15, 0.2) is 42.6 Å². The Hall–Kier alpha value is -3.05. The van der Waals surface area contributed by atoms with Crippen molar-refractivity contribution >= 4 is 0 Å². The van der Waals surface area contributed by atoms with Crippen LogP contribution in [0.4, 0.5) is 0 Å². The van der Waals surface area contributed by atoms with E-state index in [0.717, 1.165) is 0 Å². The van der Waals surface area contributed by atoms with E-state index >= 15 is 0 Å². The van der Waals surface area contributed by atoms with E-state index in [-0.39, 0.29) is 22.8 Å². The fourth-order valence-corrected chi connectivity index (χ4v) is 1.42. The number of para-hydroxylation sites is 1. The number of benzene rings is 1. The molecule has 0 spiro atoms. The molecule has 0 unspecified atom stereocenters. The molecule has 0 aliphatic rings. The predicted octanol–water partition coefficient (Wildman–Crippen LogP) is 1.86. The summed E-state index contributed by atoms with van der Waals surface area (Å²) in [5.74, 6) is 0.106. The maximum Gasteiger partial charge on any atom is 0.384 e. The van der Waals surface area contributed by atoms with Crippen molar-refractivity contribution in [3.8, 4) is 23.8 Å². The summed E-state index contributed by atoms with van der Waals surface area (Å²) in [5.41, 5.74) is 0.413. The highest BCUT2D eigenvalue weighted by Gasteiger charge is 2.14. The Bertz CT molecular complexity index is 636. The quantitative estimate of drug-likeness (QED) is 0.589. The third-order valence-electron chi connectivity index (χ3n) is 2.25. The molecule has 0 fully saturated rings. The topological polar surface area (TPSA) is 83.8 Å². The molecule has 1 heterocycles. The molecule has 0 saturated carbocycles. The fraction of sp³-hybridized carbons (Fsp3) is 0. The summed E-state index contributed by atoms with van der Waals surface area (Å²) in [6.07, 6.45) is 1.27. The first-order chi connectivity index (χ1) is 8.76. The minimum atomic E-state index is 0.0108. The summed E-state index contributed by atoms with van der Waals surface area (Å²) in [6.45, 7) is 0. The summed E-state index contributed by atoms with van der Waals surface area (Å²) in [6, 6.07) is 13.1. The van der Waals surface area contributed by atoms with Crippen LogP contribution >= 0.6 is 0 Å². The molecule has 2 rings (SSSR count). The molecule has 0 amide bonds. The van der Waals surface area contributed by atoms with Crippen molar-refractivity contribution in [3.05, 3.63) is 58.9 Å². The van der Waals surface area contributed by atoms with Crippen LogP contribution in [0.2, 0.25) is 0 Å². The van der Waals surface area contributed by atoms with Crippen LogP contribution in [0, 0.1) is 27.9 Å². The summed E-state index contributed by atoms with van der Waals surface area (Å²) in [5, 5.41) is 29.4. The van der Waals surface area contributed by atoms with Gasteiger partial charge in [-0.3, -0.25) is 0 Å². The van der Waals surface area contributed by atoms with Gasteiger partial charge in [0, 0.05) is 6.07 Å². The van der Waals surface area contributed by atoms with E-state index in [9.17, 15) is 5.21 Å². The van der Waals surface area contributed by atoms with Gasteiger partial charge in [-0.2, -0.15) is 10.5 Å². The van der Waals surface area contributed by atoms with E-state index < -0.39 is 0 Å². The van der Waals surface area contributed by atoms with Crippen molar-refractivity contribution in [2.75, 3.05) is 0 Å². The highest BCUT2D eigenvalue weighted by atomic mass is 16.6. The highest BCUT2D eigenvalue weighted by Crippen LogP contribution is 2.26. The van der Waals surface area contributed by atoms with Crippen LogP contribution in [0.25, 0.3) is 0 Å². The predicted molar refractivity (Wildman–Crippen MR) is 61.3 cm³/mol. The molecule has 18 heavy (non-hydrogen) atoms. The van der Waals surface area contributed by atoms with Crippen LogP contribution in [0.3, 0.4) is 0 Å². The standard InChI is InChI=1S/C13H7N3O2/c14-8-10-4-3-5-11(9-15)13(10)18-12-6-1-2-7-16(12)17/h1-7H. The Morgan fingerprint density at radius 2 is 1.67 bits per heavy atom. The van der Waals surface area contributed by atoms with Crippen molar-refractivity contribution in [1.82, 2.24) is 0 Å². The normalized spacial score (nSPS) is 9.22. The molecular weight excluding hydrogens is 230 g/mol. The molecule has 2 aromatic rings. The van der Waals surface area contributed by atoms with E-state index in [0.29, 0.717) is 4.73 Å². The Kier molecular flexibility index (Phi) is 3.08. The lowest BCUT2D eigenvalue weighted by Gasteiger charge is -2.08. The van der Waals surface area contributed by atoms with Gasteiger partial charge in [0.15, 0.2) is 11.9 Å². The molecular formula is C13H7N3O2. The lowest BCUT2D eigenvalue weighted by Crippen LogP contribution is -2.27. The van der Waals surface area contributed by atoms with Gasteiger partial charge >= 0.3 is 5.88 Å². The van der Waals surface area contributed by atoms with E-state index in [2.05, 4.69) is 0 Å². The number of ether oxygens (including phenoxy) is 1. The maximum absolute atomic E-state index is 11.4. The van der Waals surface area contributed by atoms with Gasteiger partial charge in [0.1, 0.15) is 12.1 Å². The first-order valence-corrected chi connectivity index (χ1v) is 5.05. The first-order valence-electron chi connectivity index (χ1n) is 5.05. The van der Waals surface area contributed by atoms with Gasteiger partial charge in [0.25, 0.3) is 0 Å². The Morgan fingerprint density at radius 3 is 2.22 bits per heavy atom. The van der Waals surface area contributed by atoms with Crippen LogP contribution in [0.1, 0.15) is 11.1 Å².